The van der Waals surface area contributed by atoms with E-state index in [-0.39, 0.29) is 18.5 Å². The lowest BCUT2D eigenvalue weighted by molar-refractivity contribution is -0.116. The second kappa shape index (κ2) is 11.7. The molecule has 32 heavy (non-hydrogen) atoms. The Morgan fingerprint density at radius 3 is 2.31 bits per heavy atom. The predicted molar refractivity (Wildman–Crippen MR) is 128 cm³/mol. The van der Waals surface area contributed by atoms with Crippen molar-refractivity contribution in [1.82, 2.24) is 20.0 Å². The summed E-state index contributed by atoms with van der Waals surface area (Å²) in [7, 11) is 0. The minimum Gasteiger partial charge on any atom is -0.338 e. The third kappa shape index (κ3) is 6.20. The van der Waals surface area contributed by atoms with E-state index >= 15 is 0 Å². The maximum absolute atomic E-state index is 12.9. The van der Waals surface area contributed by atoms with Crippen molar-refractivity contribution in [3.8, 4) is 16.9 Å². The van der Waals surface area contributed by atoms with Gasteiger partial charge >= 0.3 is 6.03 Å². The summed E-state index contributed by atoms with van der Waals surface area (Å²) in [6.45, 7) is 5.16. The number of anilines is 1. The Morgan fingerprint density at radius 2 is 1.66 bits per heavy atom. The number of urea groups is 1. The summed E-state index contributed by atoms with van der Waals surface area (Å²) in [6, 6.07) is 21.1. The van der Waals surface area contributed by atoms with Crippen LogP contribution < -0.4 is 10.6 Å². The van der Waals surface area contributed by atoms with Crippen molar-refractivity contribution in [1.29, 1.82) is 0 Å². The Kier molecular flexibility index (Phi) is 8.43. The van der Waals surface area contributed by atoms with Crippen LogP contribution in [0.15, 0.2) is 66.7 Å². The van der Waals surface area contributed by atoms with E-state index in [2.05, 4.69) is 17.6 Å². The molecule has 2 N–H and O–H groups in total. The minimum absolute atomic E-state index is 0.0214. The summed E-state index contributed by atoms with van der Waals surface area (Å²) in [5, 5.41) is 10.6. The van der Waals surface area contributed by atoms with Crippen molar-refractivity contribution in [2.24, 2.45) is 0 Å². The SMILES string of the molecule is CCCCNC(=O)N(CCC)CC(=O)Nc1cc(-c2ccccc2)nn1-c1ccccc1. The molecule has 0 bridgehead atoms. The van der Waals surface area contributed by atoms with Gasteiger partial charge in [-0.1, -0.05) is 68.8 Å². The van der Waals surface area contributed by atoms with Gasteiger partial charge in [-0.3, -0.25) is 4.79 Å². The maximum Gasteiger partial charge on any atom is 0.317 e. The second-order valence-corrected chi connectivity index (χ2v) is 7.58. The number of carbonyl (C=O) groups excluding carboxylic acids is 2. The predicted octanol–water partition coefficient (Wildman–Crippen LogP) is 4.70. The number of hydrogen-bond donors (Lipinski definition) is 2. The number of amides is 3. The van der Waals surface area contributed by atoms with Crippen molar-refractivity contribution in [3.05, 3.63) is 66.7 Å². The molecule has 0 aliphatic carbocycles. The molecule has 3 amide bonds. The lowest BCUT2D eigenvalue weighted by Gasteiger charge is -2.22. The Labute approximate surface area is 189 Å². The summed E-state index contributed by atoms with van der Waals surface area (Å²) < 4.78 is 1.71. The standard InChI is InChI=1S/C25H31N5O2/c1-3-5-16-26-25(32)29(17-4-2)19-24(31)27-23-18-22(20-12-8-6-9-13-20)28-30(23)21-14-10-7-11-15-21/h6-15,18H,3-5,16-17,19H2,1-2H3,(H,26,32)(H,27,31). The maximum atomic E-state index is 12.9. The van der Waals surface area contributed by atoms with Crippen LogP contribution in [0, 0.1) is 0 Å². The van der Waals surface area contributed by atoms with Gasteiger partial charge in [0, 0.05) is 24.7 Å². The number of carbonyl (C=O) groups is 2. The van der Waals surface area contributed by atoms with E-state index < -0.39 is 0 Å². The van der Waals surface area contributed by atoms with Gasteiger partial charge in [0.15, 0.2) is 0 Å². The van der Waals surface area contributed by atoms with Crippen LogP contribution in [0.4, 0.5) is 10.6 Å². The van der Waals surface area contributed by atoms with Crippen LogP contribution in [0.3, 0.4) is 0 Å². The second-order valence-electron chi connectivity index (χ2n) is 7.58. The molecule has 1 heterocycles. The molecule has 0 saturated heterocycles. The number of para-hydroxylation sites is 1. The molecule has 7 nitrogen and oxygen atoms in total. The first-order chi connectivity index (χ1) is 15.6. The number of nitrogens with zero attached hydrogens (tertiary/aromatic N) is 3. The average Bonchev–Trinajstić information content (AvgIpc) is 3.23. The third-order valence-electron chi connectivity index (χ3n) is 4.97. The lowest BCUT2D eigenvalue weighted by atomic mass is 10.1. The smallest absolute Gasteiger partial charge is 0.317 e. The van der Waals surface area contributed by atoms with E-state index in [1.165, 1.54) is 0 Å². The molecule has 2 aromatic carbocycles. The number of aromatic nitrogens is 2. The first kappa shape index (κ1) is 23.1. The molecule has 1 aromatic heterocycles. The molecule has 0 saturated carbocycles. The van der Waals surface area contributed by atoms with E-state index in [1.54, 1.807) is 9.58 Å². The molecule has 0 atom stereocenters. The van der Waals surface area contributed by atoms with Crippen molar-refractivity contribution in [2.75, 3.05) is 25.0 Å². The molecule has 3 aromatic rings. The zero-order valence-corrected chi connectivity index (χ0v) is 18.8. The van der Waals surface area contributed by atoms with Crippen LogP contribution in [-0.4, -0.2) is 46.3 Å². The first-order valence-electron chi connectivity index (χ1n) is 11.2. The molecule has 0 spiro atoms. The lowest BCUT2D eigenvalue weighted by Crippen LogP contribution is -2.44. The van der Waals surface area contributed by atoms with Crippen LogP contribution in [-0.2, 0) is 4.79 Å². The largest absolute Gasteiger partial charge is 0.338 e. The van der Waals surface area contributed by atoms with Crippen LogP contribution in [0.5, 0.6) is 0 Å². The zero-order valence-electron chi connectivity index (χ0n) is 18.8. The number of rotatable bonds is 10. The molecule has 0 radical (unpaired) electrons. The Balaban J connectivity index is 1.79. The fourth-order valence-electron chi connectivity index (χ4n) is 3.35. The summed E-state index contributed by atoms with van der Waals surface area (Å²) in [5.74, 6) is 0.295. The molecule has 0 aliphatic rings. The van der Waals surface area contributed by atoms with Gasteiger partial charge in [-0.2, -0.15) is 5.10 Å². The van der Waals surface area contributed by atoms with Crippen LogP contribution >= 0.6 is 0 Å². The van der Waals surface area contributed by atoms with Gasteiger partial charge < -0.3 is 15.5 Å². The molecule has 0 fully saturated rings. The summed E-state index contributed by atoms with van der Waals surface area (Å²) in [4.78, 5) is 26.9. The average molecular weight is 434 g/mol. The molecule has 0 aliphatic heterocycles. The summed E-state index contributed by atoms with van der Waals surface area (Å²) in [5.41, 5.74) is 2.56. The number of nitrogens with one attached hydrogen (secondary N) is 2. The highest BCUT2D eigenvalue weighted by Crippen LogP contribution is 2.24. The van der Waals surface area contributed by atoms with Gasteiger partial charge in [-0.05, 0) is 25.0 Å². The van der Waals surface area contributed by atoms with E-state index in [9.17, 15) is 9.59 Å². The van der Waals surface area contributed by atoms with E-state index in [4.69, 9.17) is 5.10 Å². The highest BCUT2D eigenvalue weighted by molar-refractivity contribution is 5.94. The number of benzene rings is 2. The molecular weight excluding hydrogens is 402 g/mol. The minimum atomic E-state index is -0.263. The van der Waals surface area contributed by atoms with Crippen LogP contribution in [0.2, 0.25) is 0 Å². The van der Waals surface area contributed by atoms with Crippen LogP contribution in [0.25, 0.3) is 16.9 Å². The molecule has 3 rings (SSSR count). The monoisotopic (exact) mass is 433 g/mol. The molecule has 0 unspecified atom stereocenters. The number of unbranched alkanes of at least 4 members (excludes halogenated alkanes) is 1. The summed E-state index contributed by atoms with van der Waals surface area (Å²) >= 11 is 0. The number of hydrogen-bond acceptors (Lipinski definition) is 3. The topological polar surface area (TPSA) is 79.3 Å². The third-order valence-corrected chi connectivity index (χ3v) is 4.97. The van der Waals surface area contributed by atoms with E-state index in [0.717, 1.165) is 36.2 Å². The fourth-order valence-corrected chi connectivity index (χ4v) is 3.35. The molecule has 168 valence electrons. The van der Waals surface area contributed by atoms with Gasteiger partial charge in [0.2, 0.25) is 5.91 Å². The van der Waals surface area contributed by atoms with E-state index in [0.29, 0.717) is 18.9 Å². The Morgan fingerprint density at radius 1 is 0.969 bits per heavy atom. The normalized spacial score (nSPS) is 10.6. The van der Waals surface area contributed by atoms with Gasteiger partial charge in [0.05, 0.1) is 11.4 Å². The van der Waals surface area contributed by atoms with Gasteiger partial charge in [-0.15, -0.1) is 0 Å². The quantitative estimate of drug-likeness (QED) is 0.455. The molecular formula is C25H31N5O2. The first-order valence-corrected chi connectivity index (χ1v) is 11.2. The van der Waals surface area contributed by atoms with Crippen molar-refractivity contribution in [3.63, 3.8) is 0 Å². The summed E-state index contributed by atoms with van der Waals surface area (Å²) in [6.07, 6.45) is 2.69. The van der Waals surface area contributed by atoms with Crippen molar-refractivity contribution in [2.45, 2.75) is 33.1 Å². The zero-order chi connectivity index (χ0) is 22.8. The van der Waals surface area contributed by atoms with Gasteiger partial charge in [0.1, 0.15) is 12.4 Å². The molecule has 7 heteroatoms. The fraction of sp³-hybridized carbons (Fsp3) is 0.320. The Bertz CT molecular complexity index is 1000. The van der Waals surface area contributed by atoms with Gasteiger partial charge in [-0.25, -0.2) is 9.48 Å². The highest BCUT2D eigenvalue weighted by atomic mass is 16.2. The van der Waals surface area contributed by atoms with Crippen LogP contribution in [0.1, 0.15) is 33.1 Å². The highest BCUT2D eigenvalue weighted by Gasteiger charge is 2.18. The Hall–Kier alpha value is -3.61. The van der Waals surface area contributed by atoms with Crippen molar-refractivity contribution < 1.29 is 9.59 Å². The van der Waals surface area contributed by atoms with Gasteiger partial charge in [0.25, 0.3) is 0 Å². The van der Waals surface area contributed by atoms with E-state index in [1.807, 2.05) is 73.7 Å². The van der Waals surface area contributed by atoms with Crippen molar-refractivity contribution >= 4 is 17.8 Å².